The number of carbonyl (C=O) groups excluding carboxylic acids is 1. The zero-order valence-corrected chi connectivity index (χ0v) is 21.7. The number of hydrogen-bond acceptors (Lipinski definition) is 6. The summed E-state index contributed by atoms with van der Waals surface area (Å²) in [5, 5.41) is 10.0. The molecule has 5 rings (SSSR count). The van der Waals surface area contributed by atoms with E-state index in [1.807, 2.05) is 60.7 Å². The van der Waals surface area contributed by atoms with Gasteiger partial charge in [-0.3, -0.25) is 4.79 Å². The Kier molecular flexibility index (Phi) is 8.39. The molecule has 204 valence electrons. The van der Waals surface area contributed by atoms with Gasteiger partial charge < -0.3 is 29.8 Å². The largest absolute Gasteiger partial charge is 0.483 e. The minimum absolute atomic E-state index is 0.0428. The maximum Gasteiger partial charge on any atom is 0.336 e. The van der Waals surface area contributed by atoms with Gasteiger partial charge in [-0.1, -0.05) is 72.8 Å². The molecular weight excluding hydrogens is 510 g/mol. The first-order valence-corrected chi connectivity index (χ1v) is 12.9. The fraction of sp³-hybridized carbons (Fsp3) is 0.188. The Bertz CT molecular complexity index is 1360. The smallest absolute Gasteiger partial charge is 0.336 e. The standard InChI is InChI=1S/C32H29NO7/c33-31(34)23-13-7-15-25-29(23)30-24(32(35)36)14-8-16-26(30)40-28(20-38-18-22-11-5-2-6-12-22)27(39-25)19-37-17-21-9-3-1-4-10-21/h1-16,27-28H,17-20H2,(H2,33,34)(H,35,36)/t27-,28-/m1/s1. The number of nitrogens with two attached hydrogens (primary N) is 1. The van der Waals surface area contributed by atoms with E-state index in [4.69, 9.17) is 24.7 Å². The van der Waals surface area contributed by atoms with Gasteiger partial charge in [0.25, 0.3) is 0 Å². The number of benzene rings is 4. The molecule has 8 nitrogen and oxygen atoms in total. The van der Waals surface area contributed by atoms with Crippen LogP contribution in [0.3, 0.4) is 0 Å². The van der Waals surface area contributed by atoms with Crippen molar-refractivity contribution in [3.63, 3.8) is 0 Å². The molecule has 4 aromatic carbocycles. The Labute approximate surface area is 231 Å². The van der Waals surface area contributed by atoms with Crippen LogP contribution in [0.25, 0.3) is 11.1 Å². The van der Waals surface area contributed by atoms with Gasteiger partial charge in [0.1, 0.15) is 11.5 Å². The lowest BCUT2D eigenvalue weighted by molar-refractivity contribution is -0.0552. The van der Waals surface area contributed by atoms with Crippen molar-refractivity contribution >= 4 is 11.9 Å². The van der Waals surface area contributed by atoms with Crippen molar-refractivity contribution in [1.29, 1.82) is 0 Å². The summed E-state index contributed by atoms with van der Waals surface area (Å²) in [6, 6.07) is 29.1. The molecule has 3 N–H and O–H groups in total. The summed E-state index contributed by atoms with van der Waals surface area (Å²) in [6.07, 6.45) is -1.34. The Hall–Kier alpha value is -4.66. The molecule has 1 aliphatic rings. The van der Waals surface area contributed by atoms with Gasteiger partial charge in [0, 0.05) is 11.1 Å². The Morgan fingerprint density at radius 1 is 0.650 bits per heavy atom. The lowest BCUT2D eigenvalue weighted by atomic mass is 9.92. The van der Waals surface area contributed by atoms with Crippen LogP contribution in [-0.4, -0.2) is 42.4 Å². The van der Waals surface area contributed by atoms with Gasteiger partial charge in [-0.05, 0) is 35.4 Å². The van der Waals surface area contributed by atoms with E-state index in [1.54, 1.807) is 24.3 Å². The molecule has 0 saturated heterocycles. The van der Waals surface area contributed by atoms with Crippen LogP contribution in [0.1, 0.15) is 31.8 Å². The van der Waals surface area contributed by atoms with Crippen molar-refractivity contribution in [2.45, 2.75) is 25.4 Å². The topological polar surface area (TPSA) is 117 Å². The number of carboxylic acids is 1. The van der Waals surface area contributed by atoms with E-state index in [1.165, 1.54) is 12.1 Å². The lowest BCUT2D eigenvalue weighted by Crippen LogP contribution is -2.44. The van der Waals surface area contributed by atoms with Crippen molar-refractivity contribution in [1.82, 2.24) is 0 Å². The van der Waals surface area contributed by atoms with E-state index in [9.17, 15) is 14.7 Å². The number of rotatable bonds is 10. The molecule has 0 aliphatic carbocycles. The third-order valence-corrected chi connectivity index (χ3v) is 6.56. The first-order chi connectivity index (χ1) is 19.5. The zero-order chi connectivity index (χ0) is 27.9. The van der Waals surface area contributed by atoms with Gasteiger partial charge in [-0.2, -0.15) is 0 Å². The number of carboxylic acid groups (broad SMARTS) is 1. The van der Waals surface area contributed by atoms with Crippen LogP contribution in [-0.2, 0) is 22.7 Å². The molecule has 1 amide bonds. The van der Waals surface area contributed by atoms with Crippen LogP contribution in [0.2, 0.25) is 0 Å². The number of ether oxygens (including phenoxy) is 4. The molecule has 0 bridgehead atoms. The Morgan fingerprint density at radius 2 is 1.10 bits per heavy atom. The molecule has 2 atom stereocenters. The summed E-state index contributed by atoms with van der Waals surface area (Å²) >= 11 is 0. The molecule has 0 fully saturated rings. The van der Waals surface area contributed by atoms with E-state index in [0.29, 0.717) is 19.0 Å². The predicted molar refractivity (Wildman–Crippen MR) is 148 cm³/mol. The van der Waals surface area contributed by atoms with Crippen LogP contribution < -0.4 is 15.2 Å². The monoisotopic (exact) mass is 539 g/mol. The Balaban J connectivity index is 1.51. The van der Waals surface area contributed by atoms with Crippen molar-refractivity contribution < 1.29 is 33.6 Å². The molecule has 4 aromatic rings. The maximum atomic E-state index is 12.4. The summed E-state index contributed by atoms with van der Waals surface area (Å²) in [7, 11) is 0. The second-order valence-electron chi connectivity index (χ2n) is 9.34. The molecule has 0 aromatic heterocycles. The molecule has 0 unspecified atom stereocenters. The quantitative estimate of drug-likeness (QED) is 0.288. The lowest BCUT2D eigenvalue weighted by Gasteiger charge is -2.33. The number of fused-ring (bicyclic) bond motifs is 3. The van der Waals surface area contributed by atoms with Gasteiger partial charge in [-0.15, -0.1) is 0 Å². The summed E-state index contributed by atoms with van der Waals surface area (Å²) in [5.74, 6) is -1.31. The predicted octanol–water partition coefficient (Wildman–Crippen LogP) is 5.09. The van der Waals surface area contributed by atoms with Crippen LogP contribution in [0.5, 0.6) is 11.5 Å². The summed E-state index contributed by atoms with van der Waals surface area (Å²) in [5.41, 5.74) is 8.27. The van der Waals surface area contributed by atoms with E-state index in [0.717, 1.165) is 11.1 Å². The average Bonchev–Trinajstić information content (AvgIpc) is 2.96. The van der Waals surface area contributed by atoms with Crippen LogP contribution in [0.15, 0.2) is 97.1 Å². The molecule has 0 spiro atoms. The maximum absolute atomic E-state index is 12.4. The van der Waals surface area contributed by atoms with Gasteiger partial charge in [0.15, 0.2) is 12.2 Å². The fourth-order valence-corrected chi connectivity index (χ4v) is 4.65. The average molecular weight is 540 g/mol. The first-order valence-electron chi connectivity index (χ1n) is 12.9. The van der Waals surface area contributed by atoms with Crippen LogP contribution in [0.4, 0.5) is 0 Å². The normalized spacial score (nSPS) is 15.9. The molecule has 8 heteroatoms. The SMILES string of the molecule is NC(=O)c1cccc2c1-c1c(cccc1C(=O)O)O[C@H](COCc1ccccc1)[C@@H](COCc1ccccc1)O2. The highest BCUT2D eigenvalue weighted by molar-refractivity contribution is 6.07. The van der Waals surface area contributed by atoms with E-state index in [-0.39, 0.29) is 41.2 Å². The summed E-state index contributed by atoms with van der Waals surface area (Å²) in [4.78, 5) is 24.7. The minimum atomic E-state index is -1.18. The van der Waals surface area contributed by atoms with Crippen molar-refractivity contribution in [2.24, 2.45) is 5.73 Å². The van der Waals surface area contributed by atoms with Crippen molar-refractivity contribution in [3.8, 4) is 22.6 Å². The number of carbonyl (C=O) groups is 2. The van der Waals surface area contributed by atoms with Gasteiger partial charge in [-0.25, -0.2) is 4.79 Å². The van der Waals surface area contributed by atoms with E-state index >= 15 is 0 Å². The highest BCUT2D eigenvalue weighted by Gasteiger charge is 2.34. The third kappa shape index (κ3) is 6.14. The second-order valence-corrected chi connectivity index (χ2v) is 9.34. The highest BCUT2D eigenvalue weighted by Crippen LogP contribution is 2.44. The second kappa shape index (κ2) is 12.5. The number of hydrogen-bond donors (Lipinski definition) is 2. The van der Waals surface area contributed by atoms with Crippen molar-refractivity contribution in [3.05, 3.63) is 119 Å². The molecular formula is C32H29NO7. The van der Waals surface area contributed by atoms with Gasteiger partial charge in [0.05, 0.1) is 37.6 Å². The van der Waals surface area contributed by atoms with Crippen molar-refractivity contribution in [2.75, 3.05) is 13.2 Å². The fourth-order valence-electron chi connectivity index (χ4n) is 4.65. The number of primary amides is 1. The van der Waals surface area contributed by atoms with Crippen LogP contribution in [0, 0.1) is 0 Å². The Morgan fingerprint density at radius 3 is 1.55 bits per heavy atom. The highest BCUT2D eigenvalue weighted by atomic mass is 16.6. The van der Waals surface area contributed by atoms with Gasteiger partial charge >= 0.3 is 5.97 Å². The van der Waals surface area contributed by atoms with E-state index < -0.39 is 24.1 Å². The summed E-state index contributed by atoms with van der Waals surface area (Å²) in [6.45, 7) is 0.979. The molecule has 0 saturated carbocycles. The third-order valence-electron chi connectivity index (χ3n) is 6.56. The zero-order valence-electron chi connectivity index (χ0n) is 21.7. The van der Waals surface area contributed by atoms with E-state index in [2.05, 4.69) is 0 Å². The number of aromatic carboxylic acids is 1. The minimum Gasteiger partial charge on any atom is -0.483 e. The molecule has 0 radical (unpaired) electrons. The first kappa shape index (κ1) is 26.9. The van der Waals surface area contributed by atoms with Gasteiger partial charge in [0.2, 0.25) is 5.91 Å². The summed E-state index contributed by atoms with van der Waals surface area (Å²) < 4.78 is 25.0. The van der Waals surface area contributed by atoms with Crippen LogP contribution >= 0.6 is 0 Å². The number of amides is 1. The molecule has 40 heavy (non-hydrogen) atoms. The molecule has 1 aliphatic heterocycles. The molecule has 1 heterocycles.